The molecule has 0 radical (unpaired) electrons. The predicted octanol–water partition coefficient (Wildman–Crippen LogP) is 4.71. The van der Waals surface area contributed by atoms with Crippen molar-refractivity contribution in [1.82, 2.24) is 19.5 Å². The molecule has 0 fully saturated rings. The van der Waals surface area contributed by atoms with Gasteiger partial charge >= 0.3 is 0 Å². The second kappa shape index (κ2) is 5.27. The third kappa shape index (κ3) is 2.21. The van der Waals surface area contributed by atoms with Crippen LogP contribution in [0.25, 0.3) is 39.0 Å². The number of fused-ring (bicyclic) bond motifs is 2. The minimum atomic E-state index is -0.263. The fraction of sp³-hybridized carbons (Fsp3) is 0. The molecule has 0 bridgehead atoms. The molecule has 0 unspecified atom stereocenters. The van der Waals surface area contributed by atoms with E-state index in [-0.39, 0.29) is 5.82 Å². The Bertz CT molecular complexity index is 1200. The maximum absolute atomic E-state index is 13.4. The first-order chi connectivity index (χ1) is 12.3. The van der Waals surface area contributed by atoms with Gasteiger partial charge in [-0.25, -0.2) is 9.37 Å². The molecule has 2 aromatic carbocycles. The highest BCUT2D eigenvalue weighted by Gasteiger charge is 2.15. The lowest BCUT2D eigenvalue weighted by Gasteiger charge is -2.09. The Morgan fingerprint density at radius 3 is 2.72 bits per heavy atom. The van der Waals surface area contributed by atoms with Crippen molar-refractivity contribution >= 4 is 21.9 Å². The molecule has 3 aromatic heterocycles. The van der Waals surface area contributed by atoms with Gasteiger partial charge in [-0.3, -0.25) is 9.55 Å². The van der Waals surface area contributed by atoms with Crippen molar-refractivity contribution in [2.75, 3.05) is 0 Å². The van der Waals surface area contributed by atoms with Crippen LogP contribution in [0.1, 0.15) is 0 Å². The molecule has 120 valence electrons. The van der Waals surface area contributed by atoms with Gasteiger partial charge in [-0.1, -0.05) is 12.1 Å². The molecule has 1 N–H and O–H groups in total. The van der Waals surface area contributed by atoms with E-state index in [9.17, 15) is 4.39 Å². The molecule has 25 heavy (non-hydrogen) atoms. The van der Waals surface area contributed by atoms with E-state index >= 15 is 0 Å². The van der Waals surface area contributed by atoms with Crippen LogP contribution < -0.4 is 0 Å². The number of benzene rings is 2. The lowest BCUT2D eigenvalue weighted by Crippen LogP contribution is -1.98. The van der Waals surface area contributed by atoms with E-state index in [0.717, 1.165) is 39.0 Å². The zero-order chi connectivity index (χ0) is 16.8. The molecular weight excluding hydrogens is 315 g/mol. The van der Waals surface area contributed by atoms with Gasteiger partial charge in [0.05, 0.1) is 17.2 Å². The molecule has 0 saturated heterocycles. The SMILES string of the molecule is Fc1ccc(-n2c(-c3ccc4cc[nH]c4c3)nc3ccncc32)cc1. The molecule has 0 aliphatic carbocycles. The number of imidazole rings is 1. The highest BCUT2D eigenvalue weighted by Crippen LogP contribution is 2.30. The summed E-state index contributed by atoms with van der Waals surface area (Å²) in [4.78, 5) is 12.2. The molecule has 0 spiro atoms. The number of nitrogens with one attached hydrogen (secondary N) is 1. The highest BCUT2D eigenvalue weighted by atomic mass is 19.1. The van der Waals surface area contributed by atoms with Crippen molar-refractivity contribution in [3.8, 4) is 17.1 Å². The van der Waals surface area contributed by atoms with Crippen LogP contribution in [0, 0.1) is 5.82 Å². The fourth-order valence-electron chi connectivity index (χ4n) is 3.16. The van der Waals surface area contributed by atoms with Gasteiger partial charge in [0, 0.05) is 29.2 Å². The number of nitrogens with zero attached hydrogens (tertiary/aromatic N) is 3. The van der Waals surface area contributed by atoms with Crippen molar-refractivity contribution in [3.05, 3.63) is 79.0 Å². The molecule has 0 atom stereocenters. The smallest absolute Gasteiger partial charge is 0.145 e. The van der Waals surface area contributed by atoms with Crippen LogP contribution in [0.3, 0.4) is 0 Å². The van der Waals surface area contributed by atoms with Gasteiger partial charge in [0.2, 0.25) is 0 Å². The van der Waals surface area contributed by atoms with Crippen LogP contribution in [0.4, 0.5) is 4.39 Å². The van der Waals surface area contributed by atoms with E-state index in [2.05, 4.69) is 22.1 Å². The van der Waals surface area contributed by atoms with E-state index in [4.69, 9.17) is 4.98 Å². The summed E-state index contributed by atoms with van der Waals surface area (Å²) in [5, 5.41) is 1.15. The molecule has 5 aromatic rings. The third-order valence-electron chi connectivity index (χ3n) is 4.35. The zero-order valence-electron chi connectivity index (χ0n) is 13.1. The van der Waals surface area contributed by atoms with Gasteiger partial charge in [0.25, 0.3) is 0 Å². The van der Waals surface area contributed by atoms with E-state index < -0.39 is 0 Å². The van der Waals surface area contributed by atoms with Crippen LogP contribution in [0.2, 0.25) is 0 Å². The normalized spacial score (nSPS) is 11.4. The van der Waals surface area contributed by atoms with Crippen LogP contribution in [0.15, 0.2) is 73.2 Å². The first-order valence-corrected chi connectivity index (χ1v) is 7.95. The second-order valence-corrected chi connectivity index (χ2v) is 5.89. The molecule has 0 amide bonds. The first kappa shape index (κ1) is 13.9. The van der Waals surface area contributed by atoms with Crippen molar-refractivity contribution < 1.29 is 4.39 Å². The number of hydrogen-bond donors (Lipinski definition) is 1. The monoisotopic (exact) mass is 328 g/mol. The Hall–Kier alpha value is -3.47. The molecule has 0 aliphatic heterocycles. The van der Waals surface area contributed by atoms with Crippen molar-refractivity contribution in [3.63, 3.8) is 0 Å². The van der Waals surface area contributed by atoms with Gasteiger partial charge < -0.3 is 4.98 Å². The summed E-state index contributed by atoms with van der Waals surface area (Å²) in [6.07, 6.45) is 5.42. The number of hydrogen-bond acceptors (Lipinski definition) is 2. The van der Waals surface area contributed by atoms with Crippen molar-refractivity contribution in [2.24, 2.45) is 0 Å². The Labute approximate surface area is 142 Å². The quantitative estimate of drug-likeness (QED) is 0.510. The molecule has 3 heterocycles. The lowest BCUT2D eigenvalue weighted by atomic mass is 10.1. The number of aromatic amines is 1. The third-order valence-corrected chi connectivity index (χ3v) is 4.35. The molecule has 4 nitrogen and oxygen atoms in total. The van der Waals surface area contributed by atoms with E-state index in [1.54, 1.807) is 24.5 Å². The lowest BCUT2D eigenvalue weighted by molar-refractivity contribution is 0.627. The summed E-state index contributed by atoms with van der Waals surface area (Å²) in [6.45, 7) is 0. The van der Waals surface area contributed by atoms with Crippen LogP contribution in [-0.2, 0) is 0 Å². The number of halogens is 1. The zero-order valence-corrected chi connectivity index (χ0v) is 13.1. The summed E-state index contributed by atoms with van der Waals surface area (Å²) in [7, 11) is 0. The van der Waals surface area contributed by atoms with Crippen LogP contribution in [-0.4, -0.2) is 19.5 Å². The van der Waals surface area contributed by atoms with Gasteiger partial charge in [0.1, 0.15) is 11.6 Å². The Balaban J connectivity index is 1.82. The van der Waals surface area contributed by atoms with Gasteiger partial charge in [-0.15, -0.1) is 0 Å². The Kier molecular flexibility index (Phi) is 2.94. The predicted molar refractivity (Wildman–Crippen MR) is 96.1 cm³/mol. The molecular formula is C20H13FN4. The van der Waals surface area contributed by atoms with Crippen LogP contribution >= 0.6 is 0 Å². The summed E-state index contributed by atoms with van der Waals surface area (Å²) in [5.41, 5.74) is 4.61. The molecule has 5 rings (SSSR count). The number of pyridine rings is 1. The Morgan fingerprint density at radius 2 is 1.84 bits per heavy atom. The summed E-state index contributed by atoms with van der Waals surface area (Å²) in [6, 6.07) is 16.5. The number of H-pyrrole nitrogens is 1. The minimum Gasteiger partial charge on any atom is -0.361 e. The molecule has 0 aliphatic rings. The molecule has 0 saturated carbocycles. The highest BCUT2D eigenvalue weighted by molar-refractivity contribution is 5.87. The minimum absolute atomic E-state index is 0.263. The van der Waals surface area contributed by atoms with Crippen LogP contribution in [0.5, 0.6) is 0 Å². The number of rotatable bonds is 2. The number of aromatic nitrogens is 4. The summed E-state index contributed by atoms with van der Waals surface area (Å²) in [5.74, 6) is 0.534. The average Bonchev–Trinajstić information content (AvgIpc) is 3.26. The summed E-state index contributed by atoms with van der Waals surface area (Å²) < 4.78 is 15.4. The van der Waals surface area contributed by atoms with E-state index in [0.29, 0.717) is 0 Å². The van der Waals surface area contributed by atoms with E-state index in [1.807, 2.05) is 29.0 Å². The maximum atomic E-state index is 13.4. The maximum Gasteiger partial charge on any atom is 0.145 e. The fourth-order valence-corrected chi connectivity index (χ4v) is 3.16. The first-order valence-electron chi connectivity index (χ1n) is 7.95. The standard InChI is InChI=1S/C20H13FN4/c21-15-3-5-16(6-4-15)25-19-12-22-9-8-17(19)24-20(25)14-2-1-13-7-10-23-18(13)11-14/h1-12,23H. The van der Waals surface area contributed by atoms with Gasteiger partial charge in [-0.2, -0.15) is 0 Å². The largest absolute Gasteiger partial charge is 0.361 e. The molecule has 5 heteroatoms. The Morgan fingerprint density at radius 1 is 0.960 bits per heavy atom. The van der Waals surface area contributed by atoms with Crippen molar-refractivity contribution in [2.45, 2.75) is 0 Å². The topological polar surface area (TPSA) is 46.5 Å². The second-order valence-electron chi connectivity index (χ2n) is 5.89. The van der Waals surface area contributed by atoms with Crippen molar-refractivity contribution in [1.29, 1.82) is 0 Å². The summed E-state index contributed by atoms with van der Waals surface area (Å²) >= 11 is 0. The van der Waals surface area contributed by atoms with E-state index in [1.165, 1.54) is 12.1 Å². The van der Waals surface area contributed by atoms with Gasteiger partial charge in [-0.05, 0) is 47.9 Å². The van der Waals surface area contributed by atoms with Gasteiger partial charge in [0.15, 0.2) is 0 Å². The average molecular weight is 328 g/mol.